The SMILES string of the molecule is c1ccc2c(-c3cnc4ccccc4n3)cccc2c1. The maximum absolute atomic E-state index is 4.73. The lowest BCUT2D eigenvalue weighted by atomic mass is 10.0. The smallest absolute Gasteiger partial charge is 0.0899 e. The number of hydrogen-bond donors (Lipinski definition) is 0. The van der Waals surface area contributed by atoms with Gasteiger partial charge in [0.05, 0.1) is 22.9 Å². The van der Waals surface area contributed by atoms with Crippen molar-refractivity contribution in [2.75, 3.05) is 0 Å². The van der Waals surface area contributed by atoms with Crippen LogP contribution in [0, 0.1) is 0 Å². The van der Waals surface area contributed by atoms with Crippen molar-refractivity contribution in [2.24, 2.45) is 0 Å². The summed E-state index contributed by atoms with van der Waals surface area (Å²) in [6, 6.07) is 22.6. The molecule has 0 bridgehead atoms. The van der Waals surface area contributed by atoms with E-state index in [2.05, 4.69) is 47.4 Å². The van der Waals surface area contributed by atoms with Crippen LogP contribution in [0.4, 0.5) is 0 Å². The molecule has 0 amide bonds. The molecule has 0 aliphatic rings. The topological polar surface area (TPSA) is 25.8 Å². The van der Waals surface area contributed by atoms with Crippen LogP contribution in [0.15, 0.2) is 72.9 Å². The van der Waals surface area contributed by atoms with Crippen molar-refractivity contribution in [3.8, 4) is 11.3 Å². The highest BCUT2D eigenvalue weighted by atomic mass is 14.8. The molecule has 0 unspecified atom stereocenters. The van der Waals surface area contributed by atoms with Gasteiger partial charge in [0.1, 0.15) is 0 Å². The van der Waals surface area contributed by atoms with Crippen LogP contribution in [-0.2, 0) is 0 Å². The number of fused-ring (bicyclic) bond motifs is 2. The lowest BCUT2D eigenvalue weighted by Crippen LogP contribution is -1.89. The molecule has 0 N–H and O–H groups in total. The third-order valence-corrected chi connectivity index (χ3v) is 3.51. The van der Waals surface area contributed by atoms with Crippen molar-refractivity contribution >= 4 is 21.8 Å². The Labute approximate surface area is 116 Å². The molecule has 0 radical (unpaired) electrons. The first-order valence-corrected chi connectivity index (χ1v) is 6.62. The van der Waals surface area contributed by atoms with Crippen LogP contribution < -0.4 is 0 Å². The fourth-order valence-electron chi connectivity index (χ4n) is 2.54. The van der Waals surface area contributed by atoms with E-state index >= 15 is 0 Å². The average Bonchev–Trinajstić information content (AvgIpc) is 2.54. The standard InChI is InChI=1S/C18H12N2/c1-2-8-14-13(6-1)7-5-9-15(14)18-12-19-16-10-3-4-11-17(16)20-18/h1-12H. The van der Waals surface area contributed by atoms with Crippen LogP contribution in [0.1, 0.15) is 0 Å². The Balaban J connectivity index is 2.01. The van der Waals surface area contributed by atoms with Gasteiger partial charge in [0, 0.05) is 5.56 Å². The number of para-hydroxylation sites is 2. The lowest BCUT2D eigenvalue weighted by molar-refractivity contribution is 1.30. The van der Waals surface area contributed by atoms with Crippen molar-refractivity contribution < 1.29 is 0 Å². The van der Waals surface area contributed by atoms with Gasteiger partial charge in [-0.05, 0) is 22.9 Å². The summed E-state index contributed by atoms with van der Waals surface area (Å²) in [5.74, 6) is 0. The number of nitrogens with zero attached hydrogens (tertiary/aromatic N) is 2. The first-order valence-electron chi connectivity index (χ1n) is 6.62. The van der Waals surface area contributed by atoms with Gasteiger partial charge in [-0.1, -0.05) is 54.6 Å². The molecule has 1 heterocycles. The second-order valence-electron chi connectivity index (χ2n) is 4.77. The van der Waals surface area contributed by atoms with Gasteiger partial charge in [-0.25, -0.2) is 4.98 Å². The molecule has 4 rings (SSSR count). The van der Waals surface area contributed by atoms with Crippen molar-refractivity contribution in [3.63, 3.8) is 0 Å². The predicted molar refractivity (Wildman–Crippen MR) is 82.5 cm³/mol. The number of hydrogen-bond acceptors (Lipinski definition) is 2. The Kier molecular flexibility index (Phi) is 2.46. The molecular formula is C18H12N2. The van der Waals surface area contributed by atoms with E-state index in [0.717, 1.165) is 22.3 Å². The summed E-state index contributed by atoms with van der Waals surface area (Å²) in [7, 11) is 0. The average molecular weight is 256 g/mol. The van der Waals surface area contributed by atoms with Gasteiger partial charge in [-0.15, -0.1) is 0 Å². The minimum Gasteiger partial charge on any atom is -0.252 e. The molecule has 0 atom stereocenters. The van der Waals surface area contributed by atoms with E-state index in [0.29, 0.717) is 0 Å². The largest absolute Gasteiger partial charge is 0.252 e. The summed E-state index contributed by atoms with van der Waals surface area (Å²) in [5, 5.41) is 2.43. The fourth-order valence-corrected chi connectivity index (χ4v) is 2.54. The molecule has 20 heavy (non-hydrogen) atoms. The maximum atomic E-state index is 4.73. The van der Waals surface area contributed by atoms with Crippen LogP contribution >= 0.6 is 0 Å². The quantitative estimate of drug-likeness (QED) is 0.503. The highest BCUT2D eigenvalue weighted by molar-refractivity contribution is 5.96. The summed E-state index contributed by atoms with van der Waals surface area (Å²) in [6.07, 6.45) is 1.85. The monoisotopic (exact) mass is 256 g/mol. The molecular weight excluding hydrogens is 244 g/mol. The minimum absolute atomic E-state index is 0.917. The molecule has 1 aromatic heterocycles. The second-order valence-corrected chi connectivity index (χ2v) is 4.77. The van der Waals surface area contributed by atoms with Gasteiger partial charge in [-0.2, -0.15) is 0 Å². The van der Waals surface area contributed by atoms with Crippen molar-refractivity contribution in [2.45, 2.75) is 0 Å². The van der Waals surface area contributed by atoms with Crippen molar-refractivity contribution in [1.29, 1.82) is 0 Å². The van der Waals surface area contributed by atoms with Gasteiger partial charge >= 0.3 is 0 Å². The van der Waals surface area contributed by atoms with E-state index in [1.165, 1.54) is 10.8 Å². The van der Waals surface area contributed by atoms with Crippen molar-refractivity contribution in [3.05, 3.63) is 72.9 Å². The van der Waals surface area contributed by atoms with E-state index in [1.807, 2.05) is 30.5 Å². The van der Waals surface area contributed by atoms with E-state index in [9.17, 15) is 0 Å². The van der Waals surface area contributed by atoms with Gasteiger partial charge in [-0.3, -0.25) is 4.98 Å². The van der Waals surface area contributed by atoms with Crippen LogP contribution in [-0.4, -0.2) is 9.97 Å². The summed E-state index contributed by atoms with van der Waals surface area (Å²) in [5.41, 5.74) is 3.90. The third kappa shape index (κ3) is 1.74. The molecule has 2 heteroatoms. The zero-order chi connectivity index (χ0) is 13.4. The first-order chi connectivity index (χ1) is 9.92. The highest BCUT2D eigenvalue weighted by Crippen LogP contribution is 2.27. The minimum atomic E-state index is 0.917. The highest BCUT2D eigenvalue weighted by Gasteiger charge is 2.06. The first kappa shape index (κ1) is 11.1. The Morgan fingerprint density at radius 1 is 0.650 bits per heavy atom. The predicted octanol–water partition coefficient (Wildman–Crippen LogP) is 4.45. The number of benzene rings is 3. The number of aromatic nitrogens is 2. The van der Waals surface area contributed by atoms with Crippen LogP contribution in [0.3, 0.4) is 0 Å². The molecule has 0 saturated carbocycles. The summed E-state index contributed by atoms with van der Waals surface area (Å²) in [6.45, 7) is 0. The molecule has 4 aromatic rings. The molecule has 0 saturated heterocycles. The fraction of sp³-hybridized carbons (Fsp3) is 0. The zero-order valence-electron chi connectivity index (χ0n) is 10.8. The zero-order valence-corrected chi connectivity index (χ0v) is 10.8. The summed E-state index contributed by atoms with van der Waals surface area (Å²) in [4.78, 5) is 9.23. The van der Waals surface area contributed by atoms with E-state index in [-0.39, 0.29) is 0 Å². The van der Waals surface area contributed by atoms with Crippen LogP contribution in [0.5, 0.6) is 0 Å². The van der Waals surface area contributed by atoms with Gasteiger partial charge < -0.3 is 0 Å². The Morgan fingerprint density at radius 3 is 2.35 bits per heavy atom. The molecule has 0 aliphatic heterocycles. The lowest BCUT2D eigenvalue weighted by Gasteiger charge is -2.06. The van der Waals surface area contributed by atoms with Gasteiger partial charge in [0.15, 0.2) is 0 Å². The molecule has 3 aromatic carbocycles. The number of rotatable bonds is 1. The van der Waals surface area contributed by atoms with Crippen LogP contribution in [0.2, 0.25) is 0 Å². The second kappa shape index (κ2) is 4.42. The summed E-state index contributed by atoms with van der Waals surface area (Å²) < 4.78 is 0. The molecule has 2 nitrogen and oxygen atoms in total. The molecule has 94 valence electrons. The molecule has 0 aliphatic carbocycles. The third-order valence-electron chi connectivity index (χ3n) is 3.51. The van der Waals surface area contributed by atoms with Gasteiger partial charge in [0.2, 0.25) is 0 Å². The summed E-state index contributed by atoms with van der Waals surface area (Å²) >= 11 is 0. The normalized spacial score (nSPS) is 11.0. The van der Waals surface area contributed by atoms with Crippen molar-refractivity contribution in [1.82, 2.24) is 9.97 Å². The Bertz CT molecular complexity index is 908. The van der Waals surface area contributed by atoms with E-state index in [4.69, 9.17) is 4.98 Å². The maximum Gasteiger partial charge on any atom is 0.0899 e. The van der Waals surface area contributed by atoms with E-state index < -0.39 is 0 Å². The Hall–Kier alpha value is -2.74. The molecule has 0 spiro atoms. The van der Waals surface area contributed by atoms with Crippen LogP contribution in [0.25, 0.3) is 33.1 Å². The Morgan fingerprint density at radius 2 is 1.40 bits per heavy atom. The van der Waals surface area contributed by atoms with E-state index in [1.54, 1.807) is 0 Å². The van der Waals surface area contributed by atoms with Gasteiger partial charge in [0.25, 0.3) is 0 Å². The molecule has 0 fully saturated rings.